The second-order valence-corrected chi connectivity index (χ2v) is 8.05. The van der Waals surface area contributed by atoms with Gasteiger partial charge in [-0.2, -0.15) is 18.2 Å². The van der Waals surface area contributed by atoms with Crippen molar-refractivity contribution in [3.05, 3.63) is 71.1 Å². The number of thioether (sulfide) groups is 1. The van der Waals surface area contributed by atoms with Crippen LogP contribution in [0, 0.1) is 6.07 Å². The Morgan fingerprint density at radius 2 is 1.77 bits per heavy atom. The molecule has 3 aromatic rings. The molecule has 2 N–H and O–H groups in total. The first-order valence-electron chi connectivity index (χ1n) is 10.7. The molecule has 0 bridgehead atoms. The second kappa shape index (κ2) is 13.9. The Morgan fingerprint density at radius 3 is 2.43 bits per heavy atom. The van der Waals surface area contributed by atoms with Crippen LogP contribution in [0.2, 0.25) is 0 Å². The van der Waals surface area contributed by atoms with E-state index in [1.807, 2.05) is 62.4 Å². The summed E-state index contributed by atoms with van der Waals surface area (Å²) in [4.78, 5) is 26.6. The molecule has 4 rings (SSSR count). The molecule has 0 aromatic heterocycles. The number of rotatable bonds is 6. The number of hydrogen-bond acceptors (Lipinski definition) is 6. The third-order valence-corrected chi connectivity index (χ3v) is 5.33. The quantitative estimate of drug-likeness (QED) is 0.307. The minimum atomic E-state index is -0.833. The summed E-state index contributed by atoms with van der Waals surface area (Å²) in [5.41, 5.74) is 1.60. The molecule has 1 aliphatic rings. The Labute approximate surface area is 230 Å². The van der Waals surface area contributed by atoms with E-state index in [1.54, 1.807) is 12.1 Å². The summed E-state index contributed by atoms with van der Waals surface area (Å²) in [6.07, 6.45) is 1.85. The van der Waals surface area contributed by atoms with E-state index in [1.165, 1.54) is 11.8 Å². The van der Waals surface area contributed by atoms with Crippen LogP contribution in [0.25, 0.3) is 16.8 Å². The van der Waals surface area contributed by atoms with Crippen LogP contribution in [0.1, 0.15) is 26.3 Å². The van der Waals surface area contributed by atoms with Gasteiger partial charge in [0.15, 0.2) is 5.17 Å². The van der Waals surface area contributed by atoms with Gasteiger partial charge in [-0.05, 0) is 72.4 Å². The number of ether oxygens (including phenoxy) is 2. The van der Waals surface area contributed by atoms with Crippen LogP contribution in [0.4, 0.5) is 5.69 Å². The van der Waals surface area contributed by atoms with E-state index in [0.717, 1.165) is 40.4 Å². The van der Waals surface area contributed by atoms with E-state index in [9.17, 15) is 4.79 Å². The summed E-state index contributed by atoms with van der Waals surface area (Å²) >= 11 is 1.31. The SMILES string of the molecule is CC(=O)O.CCOc1ccc2cc(OCC)c(C=C3SC(=Nc4cc[c-]cc4)NC3=O)cc2c1.[Na+]. The van der Waals surface area contributed by atoms with Crippen molar-refractivity contribution in [1.82, 2.24) is 5.32 Å². The smallest absolute Gasteiger partial charge is 0.494 e. The molecule has 0 atom stereocenters. The van der Waals surface area contributed by atoms with E-state index in [-0.39, 0.29) is 35.5 Å². The zero-order chi connectivity index (χ0) is 24.5. The third kappa shape index (κ3) is 8.43. The largest absolute Gasteiger partial charge is 1.00 e. The Kier molecular flexibility index (Phi) is 11.3. The molecule has 1 saturated heterocycles. The van der Waals surface area contributed by atoms with E-state index in [4.69, 9.17) is 19.4 Å². The Bertz CT molecular complexity index is 1240. The molecule has 1 fully saturated rings. The molecule has 0 spiro atoms. The van der Waals surface area contributed by atoms with Crippen LogP contribution in [0.5, 0.6) is 11.5 Å². The predicted molar refractivity (Wildman–Crippen MR) is 136 cm³/mol. The topological polar surface area (TPSA) is 97.2 Å². The number of amidine groups is 1. The summed E-state index contributed by atoms with van der Waals surface area (Å²) < 4.78 is 11.5. The van der Waals surface area contributed by atoms with Gasteiger partial charge >= 0.3 is 29.6 Å². The molecule has 176 valence electrons. The van der Waals surface area contributed by atoms with Gasteiger partial charge < -0.3 is 19.9 Å². The van der Waals surface area contributed by atoms with E-state index >= 15 is 0 Å². The number of benzene rings is 3. The fraction of sp³-hybridized carbons (Fsp3) is 0.192. The molecule has 0 radical (unpaired) electrons. The van der Waals surface area contributed by atoms with Crippen molar-refractivity contribution in [3.63, 3.8) is 0 Å². The number of aliphatic imine (C=N–C) groups is 1. The molecule has 0 saturated carbocycles. The standard InChI is InChI=1S/C24H21N2O3S.C2H4O2.Na/c1-3-28-20-11-10-16-14-21(29-4-2)18(12-17(16)13-20)15-22-23(27)26-24(30-22)25-19-8-6-5-7-9-19;1-2(3)4;/h6-15H,3-4H2,1-2H3,(H,25,26,27);1H3,(H,3,4);/q-1;;+1. The predicted octanol–water partition coefficient (Wildman–Crippen LogP) is 2.42. The molecule has 35 heavy (non-hydrogen) atoms. The molecule has 1 amide bonds. The Hall–Kier alpha value is -2.78. The maximum absolute atomic E-state index is 12.5. The molecule has 1 aliphatic heterocycles. The van der Waals surface area contributed by atoms with E-state index < -0.39 is 5.97 Å². The fourth-order valence-electron chi connectivity index (χ4n) is 3.11. The van der Waals surface area contributed by atoms with Crippen LogP contribution in [-0.4, -0.2) is 35.4 Å². The number of nitrogens with zero attached hydrogens (tertiary/aromatic N) is 1. The minimum Gasteiger partial charge on any atom is -0.494 e. The first kappa shape index (κ1) is 28.5. The summed E-state index contributed by atoms with van der Waals surface area (Å²) in [6.45, 7) is 6.13. The number of carboxylic acids is 1. The molecule has 9 heteroatoms. The summed E-state index contributed by atoms with van der Waals surface area (Å²) in [5.74, 6) is 0.543. The molecular weight excluding hydrogens is 475 g/mol. The van der Waals surface area contributed by atoms with Gasteiger partial charge in [-0.25, -0.2) is 0 Å². The second-order valence-electron chi connectivity index (χ2n) is 7.02. The zero-order valence-electron chi connectivity index (χ0n) is 20.1. The third-order valence-electron chi connectivity index (χ3n) is 4.42. The van der Waals surface area contributed by atoms with Crippen molar-refractivity contribution >= 4 is 51.3 Å². The van der Waals surface area contributed by atoms with Crippen LogP contribution in [0.15, 0.2) is 64.5 Å². The maximum atomic E-state index is 12.5. The first-order valence-corrected chi connectivity index (χ1v) is 11.5. The van der Waals surface area contributed by atoms with Crippen molar-refractivity contribution < 1.29 is 53.7 Å². The van der Waals surface area contributed by atoms with E-state index in [0.29, 0.717) is 23.3 Å². The van der Waals surface area contributed by atoms with Crippen molar-refractivity contribution in [2.45, 2.75) is 20.8 Å². The van der Waals surface area contributed by atoms with Crippen LogP contribution in [0.3, 0.4) is 0 Å². The number of nitrogens with one attached hydrogen (secondary N) is 1. The molecule has 3 aromatic carbocycles. The van der Waals surface area contributed by atoms with Gasteiger partial charge in [0.05, 0.1) is 18.1 Å². The Balaban J connectivity index is 0.000000804. The zero-order valence-corrected chi connectivity index (χ0v) is 22.9. The number of amides is 1. The number of hydrogen-bond donors (Lipinski definition) is 2. The van der Waals surface area contributed by atoms with Crippen LogP contribution in [-0.2, 0) is 9.59 Å². The van der Waals surface area contributed by atoms with Gasteiger partial charge in [0.2, 0.25) is 0 Å². The molecule has 0 unspecified atom stereocenters. The number of aliphatic carboxylic acids is 1. The van der Waals surface area contributed by atoms with Gasteiger partial charge in [-0.3, -0.25) is 14.6 Å². The van der Waals surface area contributed by atoms with Crippen molar-refractivity contribution in [2.24, 2.45) is 4.99 Å². The summed E-state index contributed by atoms with van der Waals surface area (Å²) in [7, 11) is 0. The number of carbonyl (C=O) groups excluding carboxylic acids is 1. The monoisotopic (exact) mass is 500 g/mol. The van der Waals surface area contributed by atoms with Crippen molar-refractivity contribution in [1.29, 1.82) is 0 Å². The molecule has 1 heterocycles. The van der Waals surface area contributed by atoms with E-state index in [2.05, 4.69) is 16.4 Å². The van der Waals surface area contributed by atoms with Gasteiger partial charge in [-0.15, -0.1) is 12.1 Å². The van der Waals surface area contributed by atoms with Gasteiger partial charge in [0.1, 0.15) is 11.5 Å². The normalized spacial score (nSPS) is 14.7. The van der Waals surface area contributed by atoms with Crippen LogP contribution < -0.4 is 44.3 Å². The van der Waals surface area contributed by atoms with Gasteiger partial charge in [-0.1, -0.05) is 6.07 Å². The summed E-state index contributed by atoms with van der Waals surface area (Å²) in [5, 5.41) is 12.9. The van der Waals surface area contributed by atoms with Crippen molar-refractivity contribution in [2.75, 3.05) is 13.2 Å². The average Bonchev–Trinajstić information content (AvgIpc) is 3.13. The minimum absolute atomic E-state index is 0. The number of fused-ring (bicyclic) bond motifs is 1. The maximum Gasteiger partial charge on any atom is 1.00 e. The summed E-state index contributed by atoms with van der Waals surface area (Å²) in [6, 6.07) is 20.2. The number of carboxylic acid groups (broad SMARTS) is 1. The van der Waals surface area contributed by atoms with Crippen molar-refractivity contribution in [3.8, 4) is 11.5 Å². The van der Waals surface area contributed by atoms with Gasteiger partial charge in [0.25, 0.3) is 11.9 Å². The number of carbonyl (C=O) groups is 2. The van der Waals surface area contributed by atoms with Gasteiger partial charge in [0, 0.05) is 12.5 Å². The van der Waals surface area contributed by atoms with Crippen LogP contribution >= 0.6 is 11.8 Å². The first-order chi connectivity index (χ1) is 16.4. The Morgan fingerprint density at radius 1 is 1.09 bits per heavy atom. The molecular formula is C26H25N2NaO5S. The molecule has 7 nitrogen and oxygen atoms in total. The molecule has 0 aliphatic carbocycles. The average molecular weight is 501 g/mol. The fourth-order valence-corrected chi connectivity index (χ4v) is 3.95.